The van der Waals surface area contributed by atoms with Crippen LogP contribution in [-0.4, -0.2) is 30.5 Å². The summed E-state index contributed by atoms with van der Waals surface area (Å²) in [6.07, 6.45) is 1.58. The SMILES string of the molecule is C[C@](N)(CO)CCc1ccc(OCCOc2ccccc2)cc1. The molecule has 1 atom stereocenters. The molecule has 0 aliphatic heterocycles. The van der Waals surface area contributed by atoms with E-state index in [2.05, 4.69) is 0 Å². The van der Waals surface area contributed by atoms with E-state index in [4.69, 9.17) is 20.3 Å². The Kier molecular flexibility index (Phi) is 6.44. The van der Waals surface area contributed by atoms with Crippen LogP contribution in [0.5, 0.6) is 11.5 Å². The van der Waals surface area contributed by atoms with Gasteiger partial charge in [0, 0.05) is 5.54 Å². The fourth-order valence-corrected chi connectivity index (χ4v) is 2.10. The van der Waals surface area contributed by atoms with Crippen molar-refractivity contribution in [3.8, 4) is 11.5 Å². The Labute approximate surface area is 137 Å². The van der Waals surface area contributed by atoms with Gasteiger partial charge in [0.1, 0.15) is 24.7 Å². The van der Waals surface area contributed by atoms with E-state index in [1.165, 1.54) is 5.56 Å². The molecule has 0 amide bonds. The number of hydrogen-bond acceptors (Lipinski definition) is 4. The molecule has 2 aromatic rings. The second kappa shape index (κ2) is 8.56. The van der Waals surface area contributed by atoms with Gasteiger partial charge in [0.2, 0.25) is 0 Å². The quantitative estimate of drug-likeness (QED) is 0.698. The Morgan fingerprint density at radius 1 is 0.913 bits per heavy atom. The largest absolute Gasteiger partial charge is 0.490 e. The predicted octanol–water partition coefficient (Wildman–Crippen LogP) is 2.79. The third-order valence-corrected chi connectivity index (χ3v) is 3.63. The Hall–Kier alpha value is -2.04. The minimum Gasteiger partial charge on any atom is -0.490 e. The number of aliphatic hydroxyl groups excluding tert-OH is 1. The molecular formula is C19H25NO3. The van der Waals surface area contributed by atoms with Crippen molar-refractivity contribution in [2.24, 2.45) is 5.73 Å². The predicted molar refractivity (Wildman–Crippen MR) is 91.9 cm³/mol. The average molecular weight is 315 g/mol. The molecule has 0 spiro atoms. The van der Waals surface area contributed by atoms with Gasteiger partial charge < -0.3 is 20.3 Å². The first kappa shape index (κ1) is 17.3. The second-order valence-corrected chi connectivity index (χ2v) is 5.97. The molecule has 2 rings (SSSR count). The molecule has 2 aromatic carbocycles. The van der Waals surface area contributed by atoms with Gasteiger partial charge >= 0.3 is 0 Å². The van der Waals surface area contributed by atoms with Crippen LogP contribution in [0.15, 0.2) is 54.6 Å². The molecule has 0 aromatic heterocycles. The summed E-state index contributed by atoms with van der Waals surface area (Å²) in [4.78, 5) is 0. The third kappa shape index (κ3) is 6.30. The highest BCUT2D eigenvalue weighted by Gasteiger charge is 2.16. The van der Waals surface area contributed by atoms with Crippen LogP contribution in [0, 0.1) is 0 Å². The van der Waals surface area contributed by atoms with Crippen molar-refractivity contribution in [3.05, 3.63) is 60.2 Å². The summed E-state index contributed by atoms with van der Waals surface area (Å²) in [5.41, 5.74) is 6.59. The molecule has 4 nitrogen and oxygen atoms in total. The topological polar surface area (TPSA) is 64.7 Å². The van der Waals surface area contributed by atoms with E-state index < -0.39 is 5.54 Å². The first-order chi connectivity index (χ1) is 11.1. The summed E-state index contributed by atoms with van der Waals surface area (Å²) in [6.45, 7) is 2.86. The van der Waals surface area contributed by atoms with Crippen molar-refractivity contribution in [2.75, 3.05) is 19.8 Å². The maximum absolute atomic E-state index is 9.16. The van der Waals surface area contributed by atoms with Crippen LogP contribution in [0.2, 0.25) is 0 Å². The van der Waals surface area contributed by atoms with Gasteiger partial charge in [-0.15, -0.1) is 0 Å². The molecule has 23 heavy (non-hydrogen) atoms. The number of ether oxygens (including phenoxy) is 2. The minimum absolute atomic E-state index is 0.00436. The van der Waals surface area contributed by atoms with Crippen molar-refractivity contribution in [1.29, 1.82) is 0 Å². The van der Waals surface area contributed by atoms with E-state index in [9.17, 15) is 0 Å². The second-order valence-electron chi connectivity index (χ2n) is 5.97. The van der Waals surface area contributed by atoms with Gasteiger partial charge in [0.05, 0.1) is 6.61 Å². The first-order valence-corrected chi connectivity index (χ1v) is 7.88. The molecule has 0 heterocycles. The standard InChI is InChI=1S/C19H25NO3/c1-19(20,15-21)12-11-16-7-9-18(10-8-16)23-14-13-22-17-5-3-2-4-6-17/h2-10,21H,11-15,20H2,1H3/t19-/m1/s1. The molecular weight excluding hydrogens is 290 g/mol. The lowest BCUT2D eigenvalue weighted by Gasteiger charge is -2.21. The van der Waals surface area contributed by atoms with Gasteiger partial charge in [0.15, 0.2) is 0 Å². The zero-order valence-corrected chi connectivity index (χ0v) is 13.6. The van der Waals surface area contributed by atoms with Crippen LogP contribution in [0.4, 0.5) is 0 Å². The maximum Gasteiger partial charge on any atom is 0.122 e. The van der Waals surface area contributed by atoms with Crippen molar-refractivity contribution in [3.63, 3.8) is 0 Å². The van der Waals surface area contributed by atoms with Gasteiger partial charge in [-0.25, -0.2) is 0 Å². The van der Waals surface area contributed by atoms with Gasteiger partial charge in [-0.2, -0.15) is 0 Å². The molecule has 0 bridgehead atoms. The fourth-order valence-electron chi connectivity index (χ4n) is 2.10. The molecule has 4 heteroatoms. The number of benzene rings is 2. The number of para-hydroxylation sites is 1. The number of rotatable bonds is 9. The van der Waals surface area contributed by atoms with Crippen LogP contribution in [0.25, 0.3) is 0 Å². The lowest BCUT2D eigenvalue weighted by molar-refractivity contribution is 0.200. The van der Waals surface area contributed by atoms with E-state index in [0.29, 0.717) is 13.2 Å². The van der Waals surface area contributed by atoms with E-state index >= 15 is 0 Å². The van der Waals surface area contributed by atoms with Crippen LogP contribution < -0.4 is 15.2 Å². The van der Waals surface area contributed by atoms with Crippen LogP contribution in [-0.2, 0) is 6.42 Å². The molecule has 3 N–H and O–H groups in total. The van der Waals surface area contributed by atoms with Crippen LogP contribution >= 0.6 is 0 Å². The van der Waals surface area contributed by atoms with Gasteiger partial charge in [-0.05, 0) is 49.6 Å². The summed E-state index contributed by atoms with van der Waals surface area (Å²) in [7, 11) is 0. The highest BCUT2D eigenvalue weighted by atomic mass is 16.5. The zero-order valence-electron chi connectivity index (χ0n) is 13.6. The summed E-state index contributed by atoms with van der Waals surface area (Å²) >= 11 is 0. The molecule has 0 radical (unpaired) electrons. The maximum atomic E-state index is 9.16. The number of aliphatic hydroxyl groups is 1. The number of hydrogen-bond donors (Lipinski definition) is 2. The van der Waals surface area contributed by atoms with Crippen LogP contribution in [0.3, 0.4) is 0 Å². The third-order valence-electron chi connectivity index (χ3n) is 3.63. The monoisotopic (exact) mass is 315 g/mol. The average Bonchev–Trinajstić information content (AvgIpc) is 2.59. The number of aryl methyl sites for hydroxylation is 1. The van der Waals surface area contributed by atoms with Gasteiger partial charge in [-0.1, -0.05) is 30.3 Å². The Morgan fingerprint density at radius 2 is 1.48 bits per heavy atom. The Morgan fingerprint density at radius 3 is 2.04 bits per heavy atom. The molecule has 124 valence electrons. The summed E-state index contributed by atoms with van der Waals surface area (Å²) in [5.74, 6) is 1.67. The summed E-state index contributed by atoms with van der Waals surface area (Å²) in [5, 5.41) is 9.16. The van der Waals surface area contributed by atoms with Crippen molar-refractivity contribution >= 4 is 0 Å². The van der Waals surface area contributed by atoms with E-state index in [1.807, 2.05) is 61.5 Å². The highest BCUT2D eigenvalue weighted by Crippen LogP contribution is 2.16. The van der Waals surface area contributed by atoms with Crippen molar-refractivity contribution in [1.82, 2.24) is 0 Å². The van der Waals surface area contributed by atoms with E-state index in [0.717, 1.165) is 24.3 Å². The fraction of sp³-hybridized carbons (Fsp3) is 0.368. The molecule has 0 fully saturated rings. The van der Waals surface area contributed by atoms with Gasteiger partial charge in [-0.3, -0.25) is 0 Å². The van der Waals surface area contributed by atoms with E-state index in [1.54, 1.807) is 0 Å². The van der Waals surface area contributed by atoms with Crippen molar-refractivity contribution < 1.29 is 14.6 Å². The Bertz CT molecular complexity index is 567. The molecule has 0 aliphatic carbocycles. The smallest absolute Gasteiger partial charge is 0.122 e. The normalized spacial score (nSPS) is 13.3. The molecule has 0 saturated heterocycles. The summed E-state index contributed by atoms with van der Waals surface area (Å²) < 4.78 is 11.2. The Balaban J connectivity index is 1.70. The summed E-state index contributed by atoms with van der Waals surface area (Å²) in [6, 6.07) is 17.6. The van der Waals surface area contributed by atoms with Crippen LogP contribution in [0.1, 0.15) is 18.9 Å². The highest BCUT2D eigenvalue weighted by molar-refractivity contribution is 5.27. The minimum atomic E-state index is -0.524. The zero-order chi connectivity index (χ0) is 16.5. The van der Waals surface area contributed by atoms with Gasteiger partial charge in [0.25, 0.3) is 0 Å². The lowest BCUT2D eigenvalue weighted by atomic mass is 9.95. The molecule has 0 aliphatic rings. The lowest BCUT2D eigenvalue weighted by Crippen LogP contribution is -2.40. The van der Waals surface area contributed by atoms with E-state index in [-0.39, 0.29) is 6.61 Å². The van der Waals surface area contributed by atoms with Crippen molar-refractivity contribution in [2.45, 2.75) is 25.3 Å². The number of nitrogens with two attached hydrogens (primary N) is 1. The molecule has 0 unspecified atom stereocenters. The molecule has 0 saturated carbocycles. The first-order valence-electron chi connectivity index (χ1n) is 7.88.